The molecule has 0 amide bonds. The van der Waals surface area contributed by atoms with Crippen molar-refractivity contribution in [1.82, 2.24) is 4.98 Å². The second-order valence-electron chi connectivity index (χ2n) is 4.33. The molecule has 3 heteroatoms. The molecule has 1 aromatic rings. The van der Waals surface area contributed by atoms with E-state index < -0.39 is 0 Å². The minimum Gasteiger partial charge on any atom is -0.385 e. The van der Waals surface area contributed by atoms with Gasteiger partial charge in [0, 0.05) is 38.3 Å². The third-order valence-electron chi connectivity index (χ3n) is 3.14. The predicted octanol–water partition coefficient (Wildman–Crippen LogP) is 2.31. The summed E-state index contributed by atoms with van der Waals surface area (Å²) in [6.07, 6.45) is 7.46. The Hall–Kier alpha value is -1.09. The number of pyridine rings is 1. The zero-order chi connectivity index (χ0) is 10.6. The fourth-order valence-corrected chi connectivity index (χ4v) is 1.77. The van der Waals surface area contributed by atoms with Gasteiger partial charge in [-0.25, -0.2) is 0 Å². The Bertz CT molecular complexity index is 296. The number of nitrogens with zero attached hydrogens (tertiary/aromatic N) is 1. The molecule has 2 rings (SSSR count). The van der Waals surface area contributed by atoms with Crippen molar-refractivity contribution >= 4 is 5.69 Å². The van der Waals surface area contributed by atoms with Gasteiger partial charge < -0.3 is 10.1 Å². The summed E-state index contributed by atoms with van der Waals surface area (Å²) in [5.41, 5.74) is 1.66. The van der Waals surface area contributed by atoms with Crippen molar-refractivity contribution in [3.63, 3.8) is 0 Å². The van der Waals surface area contributed by atoms with Gasteiger partial charge >= 0.3 is 0 Å². The molecule has 1 aliphatic rings. The third-order valence-corrected chi connectivity index (χ3v) is 3.14. The second-order valence-corrected chi connectivity index (χ2v) is 4.33. The minimum atomic E-state index is 0.499. The first kappa shape index (κ1) is 10.4. The highest BCUT2D eigenvalue weighted by atomic mass is 16.5. The van der Waals surface area contributed by atoms with E-state index in [1.807, 2.05) is 24.5 Å². The summed E-state index contributed by atoms with van der Waals surface area (Å²) in [6, 6.07) is 4.01. The summed E-state index contributed by atoms with van der Waals surface area (Å²) >= 11 is 0. The number of hydrogen-bond acceptors (Lipinski definition) is 3. The van der Waals surface area contributed by atoms with Gasteiger partial charge in [0.2, 0.25) is 0 Å². The smallest absolute Gasteiger partial charge is 0.0468 e. The SMILES string of the molecule is COCCC1(CNc2ccncc2)CC1. The van der Waals surface area contributed by atoms with E-state index >= 15 is 0 Å². The molecule has 1 fully saturated rings. The number of ether oxygens (including phenoxy) is 1. The molecule has 0 aromatic carbocycles. The Labute approximate surface area is 90.9 Å². The molecule has 82 valence electrons. The molecule has 0 spiro atoms. The van der Waals surface area contributed by atoms with Crippen LogP contribution in [0, 0.1) is 5.41 Å². The van der Waals surface area contributed by atoms with Crippen molar-refractivity contribution in [3.8, 4) is 0 Å². The van der Waals surface area contributed by atoms with Gasteiger partial charge in [0.1, 0.15) is 0 Å². The van der Waals surface area contributed by atoms with Gasteiger partial charge in [-0.15, -0.1) is 0 Å². The van der Waals surface area contributed by atoms with E-state index in [0.717, 1.165) is 18.8 Å². The molecule has 0 aliphatic heterocycles. The van der Waals surface area contributed by atoms with E-state index in [-0.39, 0.29) is 0 Å². The molecule has 0 atom stereocenters. The summed E-state index contributed by atoms with van der Waals surface area (Å²) in [5, 5.41) is 3.46. The van der Waals surface area contributed by atoms with Crippen molar-refractivity contribution < 1.29 is 4.74 Å². The number of aromatic nitrogens is 1. The number of methoxy groups -OCH3 is 1. The van der Waals surface area contributed by atoms with Crippen LogP contribution in [0.25, 0.3) is 0 Å². The van der Waals surface area contributed by atoms with Crippen molar-refractivity contribution in [1.29, 1.82) is 0 Å². The van der Waals surface area contributed by atoms with Crippen LogP contribution in [-0.4, -0.2) is 25.2 Å². The lowest BCUT2D eigenvalue weighted by Crippen LogP contribution is -2.17. The molecule has 0 saturated heterocycles. The fourth-order valence-electron chi connectivity index (χ4n) is 1.77. The van der Waals surface area contributed by atoms with Crippen molar-refractivity contribution in [3.05, 3.63) is 24.5 Å². The van der Waals surface area contributed by atoms with Crippen LogP contribution in [0.3, 0.4) is 0 Å². The average Bonchev–Trinajstić information content (AvgIpc) is 3.06. The molecule has 1 aliphatic carbocycles. The summed E-state index contributed by atoms with van der Waals surface area (Å²) in [4.78, 5) is 4.00. The molecule has 0 bridgehead atoms. The Morgan fingerprint density at radius 2 is 2.13 bits per heavy atom. The third kappa shape index (κ3) is 2.93. The lowest BCUT2D eigenvalue weighted by Gasteiger charge is -2.16. The number of rotatable bonds is 6. The normalized spacial score (nSPS) is 17.4. The van der Waals surface area contributed by atoms with Crippen LogP contribution in [0.4, 0.5) is 5.69 Å². The Balaban J connectivity index is 1.78. The predicted molar refractivity (Wildman–Crippen MR) is 60.9 cm³/mol. The molecule has 3 nitrogen and oxygen atoms in total. The first-order valence-corrected chi connectivity index (χ1v) is 5.48. The summed E-state index contributed by atoms with van der Waals surface area (Å²) in [6.45, 7) is 1.93. The molecule has 1 saturated carbocycles. The molecule has 1 aromatic heterocycles. The molecule has 15 heavy (non-hydrogen) atoms. The van der Waals surface area contributed by atoms with Crippen LogP contribution >= 0.6 is 0 Å². The lowest BCUT2D eigenvalue weighted by atomic mass is 10.0. The molecule has 1 heterocycles. The van der Waals surface area contributed by atoms with Crippen molar-refractivity contribution in [2.75, 3.05) is 25.6 Å². The van der Waals surface area contributed by atoms with Crippen molar-refractivity contribution in [2.24, 2.45) is 5.41 Å². The molecule has 1 N–H and O–H groups in total. The van der Waals surface area contributed by atoms with E-state index in [4.69, 9.17) is 4.74 Å². The van der Waals surface area contributed by atoms with Crippen LogP contribution < -0.4 is 5.32 Å². The molecular weight excluding hydrogens is 188 g/mol. The van der Waals surface area contributed by atoms with Gasteiger partial charge in [0.25, 0.3) is 0 Å². The van der Waals surface area contributed by atoms with E-state index in [0.29, 0.717) is 5.41 Å². The number of nitrogens with one attached hydrogen (secondary N) is 1. The maximum Gasteiger partial charge on any atom is 0.0468 e. The van der Waals surface area contributed by atoms with Crippen LogP contribution in [0.2, 0.25) is 0 Å². The van der Waals surface area contributed by atoms with E-state index in [1.54, 1.807) is 7.11 Å². The Morgan fingerprint density at radius 1 is 1.40 bits per heavy atom. The summed E-state index contributed by atoms with van der Waals surface area (Å²) < 4.78 is 5.13. The highest BCUT2D eigenvalue weighted by Crippen LogP contribution is 2.48. The highest BCUT2D eigenvalue weighted by molar-refractivity contribution is 5.41. The van der Waals surface area contributed by atoms with Gasteiger partial charge in [0.15, 0.2) is 0 Å². The monoisotopic (exact) mass is 206 g/mol. The van der Waals surface area contributed by atoms with Gasteiger partial charge in [-0.3, -0.25) is 4.98 Å². The zero-order valence-corrected chi connectivity index (χ0v) is 9.20. The fraction of sp³-hybridized carbons (Fsp3) is 0.583. The van der Waals surface area contributed by atoms with Crippen LogP contribution in [0.5, 0.6) is 0 Å². The Morgan fingerprint density at radius 3 is 2.73 bits per heavy atom. The standard InChI is InChI=1S/C12H18N2O/c1-15-9-6-12(4-5-12)10-14-11-2-7-13-8-3-11/h2-3,7-8H,4-6,9-10H2,1H3,(H,13,14). The van der Waals surface area contributed by atoms with Gasteiger partial charge in [-0.05, 0) is 36.8 Å². The quantitative estimate of drug-likeness (QED) is 0.775. The lowest BCUT2D eigenvalue weighted by molar-refractivity contribution is 0.175. The maximum atomic E-state index is 5.13. The molecule has 0 unspecified atom stereocenters. The topological polar surface area (TPSA) is 34.1 Å². The van der Waals surface area contributed by atoms with Gasteiger partial charge in [-0.2, -0.15) is 0 Å². The summed E-state index contributed by atoms with van der Waals surface area (Å²) in [7, 11) is 1.77. The number of anilines is 1. The molecular formula is C12H18N2O. The number of hydrogen-bond donors (Lipinski definition) is 1. The highest BCUT2D eigenvalue weighted by Gasteiger charge is 2.41. The van der Waals surface area contributed by atoms with Gasteiger partial charge in [0.05, 0.1) is 0 Å². The second kappa shape index (κ2) is 4.62. The van der Waals surface area contributed by atoms with Crippen molar-refractivity contribution in [2.45, 2.75) is 19.3 Å². The molecule has 0 radical (unpaired) electrons. The average molecular weight is 206 g/mol. The van der Waals surface area contributed by atoms with Gasteiger partial charge in [-0.1, -0.05) is 0 Å². The zero-order valence-electron chi connectivity index (χ0n) is 9.20. The Kier molecular flexibility index (Phi) is 3.21. The summed E-state index contributed by atoms with van der Waals surface area (Å²) in [5.74, 6) is 0. The maximum absolute atomic E-state index is 5.13. The minimum absolute atomic E-state index is 0.499. The van der Waals surface area contributed by atoms with Crippen LogP contribution in [-0.2, 0) is 4.74 Å². The first-order chi connectivity index (χ1) is 7.35. The van der Waals surface area contributed by atoms with E-state index in [9.17, 15) is 0 Å². The van der Waals surface area contributed by atoms with E-state index in [2.05, 4.69) is 10.3 Å². The first-order valence-electron chi connectivity index (χ1n) is 5.48. The van der Waals surface area contributed by atoms with Crippen LogP contribution in [0.1, 0.15) is 19.3 Å². The van der Waals surface area contributed by atoms with Crippen LogP contribution in [0.15, 0.2) is 24.5 Å². The van der Waals surface area contributed by atoms with E-state index in [1.165, 1.54) is 19.3 Å². The largest absolute Gasteiger partial charge is 0.385 e.